The van der Waals surface area contributed by atoms with Gasteiger partial charge in [-0.15, -0.1) is 0 Å². The van der Waals surface area contributed by atoms with E-state index in [9.17, 15) is 14.7 Å². The number of benzene rings is 1. The quantitative estimate of drug-likeness (QED) is 0.838. The molecule has 2 rings (SSSR count). The molecule has 0 spiro atoms. The van der Waals surface area contributed by atoms with Crippen LogP contribution in [0.15, 0.2) is 36.4 Å². The van der Waals surface area contributed by atoms with Gasteiger partial charge in [-0.1, -0.05) is 45.1 Å². The SMILES string of the molecule is CC(C)(C)c1ccc(NC(=O)[C@H]2CC=CC[C@@H]2C(=O)O)cc1. The molecule has 0 heterocycles. The zero-order valence-corrected chi connectivity index (χ0v) is 13.3. The first-order valence-corrected chi connectivity index (χ1v) is 7.58. The van der Waals surface area contributed by atoms with Crippen LogP contribution in [0.1, 0.15) is 39.2 Å². The minimum Gasteiger partial charge on any atom is -0.481 e. The van der Waals surface area contributed by atoms with E-state index in [-0.39, 0.29) is 11.3 Å². The molecule has 0 radical (unpaired) electrons. The van der Waals surface area contributed by atoms with Crippen LogP contribution in [0.2, 0.25) is 0 Å². The second-order valence-corrected chi connectivity index (χ2v) is 6.81. The van der Waals surface area contributed by atoms with Gasteiger partial charge in [0.2, 0.25) is 5.91 Å². The second-order valence-electron chi connectivity index (χ2n) is 6.81. The first kappa shape index (κ1) is 16.3. The van der Waals surface area contributed by atoms with Crippen molar-refractivity contribution in [3.05, 3.63) is 42.0 Å². The summed E-state index contributed by atoms with van der Waals surface area (Å²) in [6, 6.07) is 7.72. The van der Waals surface area contributed by atoms with Crippen LogP contribution in [-0.2, 0) is 15.0 Å². The zero-order chi connectivity index (χ0) is 16.3. The van der Waals surface area contributed by atoms with Crippen molar-refractivity contribution in [3.63, 3.8) is 0 Å². The van der Waals surface area contributed by atoms with Crippen molar-refractivity contribution in [1.29, 1.82) is 0 Å². The number of amides is 1. The first-order chi connectivity index (χ1) is 10.3. The standard InChI is InChI=1S/C18H23NO3/c1-18(2,3)12-8-10-13(11-9-12)19-16(20)14-6-4-5-7-15(14)17(21)22/h4-5,8-11,14-15H,6-7H2,1-3H3,(H,19,20)(H,21,22)/t14-,15-/m0/s1. The molecule has 118 valence electrons. The molecule has 4 heteroatoms. The Hall–Kier alpha value is -2.10. The Kier molecular flexibility index (Phi) is 4.69. The molecule has 0 aromatic heterocycles. The summed E-state index contributed by atoms with van der Waals surface area (Å²) in [4.78, 5) is 23.6. The van der Waals surface area contributed by atoms with E-state index in [1.165, 1.54) is 5.56 Å². The number of anilines is 1. The molecule has 0 unspecified atom stereocenters. The Morgan fingerprint density at radius 1 is 1.05 bits per heavy atom. The lowest BCUT2D eigenvalue weighted by Crippen LogP contribution is -2.34. The summed E-state index contributed by atoms with van der Waals surface area (Å²) in [7, 11) is 0. The van der Waals surface area contributed by atoms with Gasteiger partial charge in [-0.2, -0.15) is 0 Å². The predicted octanol–water partition coefficient (Wildman–Crippen LogP) is 3.59. The van der Waals surface area contributed by atoms with Crippen LogP contribution in [0.25, 0.3) is 0 Å². The Balaban J connectivity index is 2.08. The van der Waals surface area contributed by atoms with Gasteiger partial charge < -0.3 is 10.4 Å². The number of aliphatic carboxylic acids is 1. The number of allylic oxidation sites excluding steroid dienone is 2. The summed E-state index contributed by atoms with van der Waals surface area (Å²) in [6.45, 7) is 6.39. The average molecular weight is 301 g/mol. The monoisotopic (exact) mass is 301 g/mol. The smallest absolute Gasteiger partial charge is 0.307 e. The lowest BCUT2D eigenvalue weighted by Gasteiger charge is -2.24. The van der Waals surface area contributed by atoms with Crippen LogP contribution in [0.4, 0.5) is 5.69 Å². The molecule has 0 saturated heterocycles. The fourth-order valence-electron chi connectivity index (χ4n) is 2.67. The van der Waals surface area contributed by atoms with E-state index >= 15 is 0 Å². The highest BCUT2D eigenvalue weighted by Gasteiger charge is 2.33. The highest BCUT2D eigenvalue weighted by molar-refractivity contribution is 5.95. The van der Waals surface area contributed by atoms with E-state index in [0.29, 0.717) is 18.5 Å². The van der Waals surface area contributed by atoms with E-state index in [4.69, 9.17) is 0 Å². The van der Waals surface area contributed by atoms with Gasteiger partial charge in [0.1, 0.15) is 0 Å². The molecule has 1 aliphatic rings. The Labute approximate surface area is 131 Å². The highest BCUT2D eigenvalue weighted by atomic mass is 16.4. The molecule has 0 saturated carbocycles. The second kappa shape index (κ2) is 6.34. The zero-order valence-electron chi connectivity index (χ0n) is 13.3. The van der Waals surface area contributed by atoms with Crippen LogP contribution in [0.5, 0.6) is 0 Å². The van der Waals surface area contributed by atoms with Gasteiger partial charge in [0, 0.05) is 5.69 Å². The van der Waals surface area contributed by atoms with Crippen molar-refractivity contribution in [1.82, 2.24) is 0 Å². The van der Waals surface area contributed by atoms with Crippen LogP contribution in [0.3, 0.4) is 0 Å². The van der Waals surface area contributed by atoms with Gasteiger partial charge >= 0.3 is 5.97 Å². The number of rotatable bonds is 3. The summed E-state index contributed by atoms with van der Waals surface area (Å²) < 4.78 is 0. The molecule has 1 aliphatic carbocycles. The van der Waals surface area contributed by atoms with Crippen LogP contribution < -0.4 is 5.32 Å². The summed E-state index contributed by atoms with van der Waals surface area (Å²) in [5, 5.41) is 12.1. The van der Waals surface area contributed by atoms with E-state index in [1.807, 2.05) is 36.4 Å². The Morgan fingerprint density at radius 3 is 2.09 bits per heavy atom. The summed E-state index contributed by atoms with van der Waals surface area (Å²) in [5.74, 6) is -2.28. The van der Waals surface area contributed by atoms with Crippen molar-refractivity contribution in [2.24, 2.45) is 11.8 Å². The van der Waals surface area contributed by atoms with Crippen molar-refractivity contribution in [2.75, 3.05) is 5.32 Å². The number of hydrogen-bond acceptors (Lipinski definition) is 2. The number of carboxylic acids is 1. The Bertz CT molecular complexity index is 581. The van der Waals surface area contributed by atoms with Gasteiger partial charge in [-0.25, -0.2) is 0 Å². The maximum atomic E-state index is 12.4. The lowest BCUT2D eigenvalue weighted by molar-refractivity contribution is -0.146. The van der Waals surface area contributed by atoms with Crippen molar-refractivity contribution in [2.45, 2.75) is 39.0 Å². The third-order valence-corrected chi connectivity index (χ3v) is 4.10. The molecule has 1 amide bonds. The van der Waals surface area contributed by atoms with E-state index in [0.717, 1.165) is 0 Å². The lowest BCUT2D eigenvalue weighted by atomic mass is 9.82. The highest BCUT2D eigenvalue weighted by Crippen LogP contribution is 2.28. The maximum Gasteiger partial charge on any atom is 0.307 e. The van der Waals surface area contributed by atoms with Crippen molar-refractivity contribution in [3.8, 4) is 0 Å². The predicted molar refractivity (Wildman–Crippen MR) is 86.8 cm³/mol. The minimum atomic E-state index is -0.910. The minimum absolute atomic E-state index is 0.0606. The summed E-state index contributed by atoms with van der Waals surface area (Å²) >= 11 is 0. The first-order valence-electron chi connectivity index (χ1n) is 7.58. The third-order valence-electron chi connectivity index (χ3n) is 4.10. The van der Waals surface area contributed by atoms with E-state index in [2.05, 4.69) is 26.1 Å². The van der Waals surface area contributed by atoms with Crippen LogP contribution >= 0.6 is 0 Å². The molecule has 4 nitrogen and oxygen atoms in total. The number of carboxylic acid groups (broad SMARTS) is 1. The molecule has 0 fully saturated rings. The molecule has 0 bridgehead atoms. The molecular weight excluding hydrogens is 278 g/mol. The number of carbonyl (C=O) groups is 2. The van der Waals surface area contributed by atoms with Crippen LogP contribution in [-0.4, -0.2) is 17.0 Å². The fraction of sp³-hybridized carbons (Fsp3) is 0.444. The molecule has 2 atom stereocenters. The fourth-order valence-corrected chi connectivity index (χ4v) is 2.67. The third kappa shape index (κ3) is 3.75. The number of hydrogen-bond donors (Lipinski definition) is 2. The molecule has 0 aliphatic heterocycles. The average Bonchev–Trinajstić information content (AvgIpc) is 2.46. The molecule has 22 heavy (non-hydrogen) atoms. The summed E-state index contributed by atoms with van der Waals surface area (Å²) in [6.07, 6.45) is 4.60. The Morgan fingerprint density at radius 2 is 1.59 bits per heavy atom. The molecule has 1 aromatic rings. The van der Waals surface area contributed by atoms with Gasteiger partial charge in [-0.05, 0) is 36.0 Å². The van der Waals surface area contributed by atoms with Crippen molar-refractivity contribution >= 4 is 17.6 Å². The number of nitrogens with one attached hydrogen (secondary N) is 1. The molecule has 1 aromatic carbocycles. The van der Waals surface area contributed by atoms with E-state index < -0.39 is 17.8 Å². The van der Waals surface area contributed by atoms with Gasteiger partial charge in [-0.3, -0.25) is 9.59 Å². The summed E-state index contributed by atoms with van der Waals surface area (Å²) in [5.41, 5.74) is 1.96. The van der Waals surface area contributed by atoms with Gasteiger partial charge in [0.05, 0.1) is 11.8 Å². The molecular formula is C18H23NO3. The van der Waals surface area contributed by atoms with Crippen LogP contribution in [0, 0.1) is 11.8 Å². The largest absolute Gasteiger partial charge is 0.481 e. The topological polar surface area (TPSA) is 66.4 Å². The molecule has 2 N–H and O–H groups in total. The maximum absolute atomic E-state index is 12.4. The van der Waals surface area contributed by atoms with Crippen molar-refractivity contribution < 1.29 is 14.7 Å². The van der Waals surface area contributed by atoms with Gasteiger partial charge in [0.25, 0.3) is 0 Å². The number of carbonyl (C=O) groups excluding carboxylic acids is 1. The van der Waals surface area contributed by atoms with E-state index in [1.54, 1.807) is 0 Å². The van der Waals surface area contributed by atoms with Gasteiger partial charge in [0.15, 0.2) is 0 Å². The normalized spacial score (nSPS) is 21.4.